The van der Waals surface area contributed by atoms with Crippen LogP contribution in [0.4, 0.5) is 0 Å². The van der Waals surface area contributed by atoms with Crippen LogP contribution >= 0.6 is 0 Å². The van der Waals surface area contributed by atoms with Crippen molar-refractivity contribution in [3.05, 3.63) is 95.3 Å². The number of fused-ring (bicyclic) bond motifs is 5. The number of aryl methyl sites for hydroxylation is 2. The van der Waals surface area contributed by atoms with Crippen molar-refractivity contribution in [1.29, 1.82) is 0 Å². The van der Waals surface area contributed by atoms with Gasteiger partial charge in [-0.25, -0.2) is 4.68 Å². The summed E-state index contributed by atoms with van der Waals surface area (Å²) in [4.78, 5) is 0. The quantitative estimate of drug-likeness (QED) is 0.183. The Morgan fingerprint density at radius 3 is 2.49 bits per heavy atom. The van der Waals surface area contributed by atoms with E-state index < -0.39 is 0 Å². The van der Waals surface area contributed by atoms with Crippen molar-refractivity contribution in [3.8, 4) is 28.2 Å². The van der Waals surface area contributed by atoms with Crippen LogP contribution in [0.2, 0.25) is 0 Å². The van der Waals surface area contributed by atoms with Crippen molar-refractivity contribution in [3.63, 3.8) is 0 Å². The highest BCUT2D eigenvalue weighted by Gasteiger charge is 2.50. The first kappa shape index (κ1) is 27.4. The Morgan fingerprint density at radius 1 is 0.927 bits per heavy atom. The Balaban J connectivity index is 1.51. The maximum atomic E-state index is 4.70. The third-order valence-corrected chi connectivity index (χ3v) is 9.89. The molecular formula is C37H43N4+. The van der Waals surface area contributed by atoms with Gasteiger partial charge >= 0.3 is 0 Å². The summed E-state index contributed by atoms with van der Waals surface area (Å²) in [6.45, 7) is 13.7. The molecule has 0 saturated heterocycles. The molecule has 3 aromatic carbocycles. The molecule has 4 heteroatoms. The molecule has 0 amide bonds. The number of unbranched alkanes of at least 4 members (excludes halogenated alkanes) is 1. The number of hydrogen-bond donors (Lipinski definition) is 0. The third kappa shape index (κ3) is 4.31. The minimum Gasteiger partial charge on any atom is -0.220 e. The summed E-state index contributed by atoms with van der Waals surface area (Å²) in [5, 5.41) is 12.0. The van der Waals surface area contributed by atoms with Gasteiger partial charge in [-0.3, -0.25) is 0 Å². The van der Waals surface area contributed by atoms with Gasteiger partial charge in [0.1, 0.15) is 5.69 Å². The minimum atomic E-state index is 0.0565. The summed E-state index contributed by atoms with van der Waals surface area (Å²) in [7, 11) is 0. The molecule has 1 atom stereocenters. The van der Waals surface area contributed by atoms with Crippen molar-refractivity contribution < 1.29 is 4.57 Å². The molecule has 0 radical (unpaired) electrons. The summed E-state index contributed by atoms with van der Waals surface area (Å²) < 4.78 is 4.57. The van der Waals surface area contributed by atoms with Crippen LogP contribution in [-0.2, 0) is 12.0 Å². The molecule has 2 aromatic heterocycles. The summed E-state index contributed by atoms with van der Waals surface area (Å²) in [6.07, 6.45) is 11.3. The lowest BCUT2D eigenvalue weighted by Crippen LogP contribution is -2.62. The Morgan fingerprint density at radius 2 is 1.73 bits per heavy atom. The van der Waals surface area contributed by atoms with Gasteiger partial charge in [-0.05, 0) is 78.9 Å². The predicted molar refractivity (Wildman–Crippen MR) is 170 cm³/mol. The van der Waals surface area contributed by atoms with Crippen LogP contribution in [0.15, 0.2) is 73.1 Å². The second-order valence-electron chi connectivity index (χ2n) is 11.9. The highest BCUT2D eigenvalue weighted by atomic mass is 15.4. The van der Waals surface area contributed by atoms with Crippen LogP contribution in [0.3, 0.4) is 0 Å². The molecule has 0 bridgehead atoms. The van der Waals surface area contributed by atoms with Crippen LogP contribution in [0, 0.1) is 13.8 Å². The van der Waals surface area contributed by atoms with Gasteiger partial charge in [0, 0.05) is 30.4 Å². The zero-order chi connectivity index (χ0) is 28.7. The lowest BCUT2D eigenvalue weighted by atomic mass is 9.69. The molecule has 1 unspecified atom stereocenters. The van der Waals surface area contributed by atoms with E-state index in [2.05, 4.69) is 124 Å². The first-order valence-electron chi connectivity index (χ1n) is 15.6. The van der Waals surface area contributed by atoms with Gasteiger partial charge in [-0.15, -0.1) is 5.10 Å². The van der Waals surface area contributed by atoms with Gasteiger partial charge in [0.15, 0.2) is 11.7 Å². The summed E-state index contributed by atoms with van der Waals surface area (Å²) in [6, 6.07) is 22.6. The van der Waals surface area contributed by atoms with Crippen molar-refractivity contribution in [2.75, 3.05) is 0 Å². The lowest BCUT2D eigenvalue weighted by Gasteiger charge is -2.40. The molecule has 210 valence electrons. The summed E-state index contributed by atoms with van der Waals surface area (Å²) >= 11 is 0. The topological polar surface area (TPSA) is 34.6 Å². The van der Waals surface area contributed by atoms with Crippen molar-refractivity contribution in [1.82, 2.24) is 15.0 Å². The fourth-order valence-corrected chi connectivity index (χ4v) is 7.63. The highest BCUT2D eigenvalue weighted by molar-refractivity contribution is 5.94. The number of hydrogen-bond acceptors (Lipinski definition) is 2. The fourth-order valence-electron chi connectivity index (χ4n) is 7.63. The summed E-state index contributed by atoms with van der Waals surface area (Å²) in [5.41, 5.74) is 11.3. The van der Waals surface area contributed by atoms with E-state index in [1.165, 1.54) is 62.7 Å². The Labute approximate surface area is 245 Å². The normalized spacial score (nSPS) is 15.6. The van der Waals surface area contributed by atoms with Crippen LogP contribution in [0.1, 0.15) is 88.0 Å². The van der Waals surface area contributed by atoms with Crippen LogP contribution in [-0.4, -0.2) is 15.0 Å². The van der Waals surface area contributed by atoms with Crippen molar-refractivity contribution in [2.45, 2.75) is 91.5 Å². The Hall–Kier alpha value is -3.79. The molecule has 0 N–H and O–H groups in total. The number of nitrogens with zero attached hydrogens (tertiary/aromatic N) is 4. The standard InChI is InChI=1S/C37H43N4/c1-7-11-14-27-18-17-25(5)35(26(27)6)34-24-41(39-38-34)29-19-20-31-32(23-29)36-30-16-13-12-15-28(30)21-22-40(36)37(9-3,10-4)33(31)8-2/h12-13,15-24,33H,7-11,14H2,1-6H3/q+1. The van der Waals surface area contributed by atoms with Gasteiger partial charge in [0.25, 0.3) is 0 Å². The average Bonchev–Trinajstić information content (AvgIpc) is 3.49. The SMILES string of the molecule is CCCCc1ccc(C)c(-c2cn(-c3ccc4c(c3)-c3c5ccccc5cc[n+]3C(CC)(CC)C4CC)nn2)c1C. The molecular weight excluding hydrogens is 500 g/mol. The van der Waals surface area contributed by atoms with E-state index in [0.29, 0.717) is 5.92 Å². The van der Waals surface area contributed by atoms with E-state index in [-0.39, 0.29) is 5.54 Å². The molecule has 0 spiro atoms. The largest absolute Gasteiger partial charge is 0.221 e. The number of pyridine rings is 1. The number of rotatable bonds is 8. The molecule has 3 heterocycles. The maximum absolute atomic E-state index is 4.70. The number of benzene rings is 3. The van der Waals surface area contributed by atoms with Crippen LogP contribution in [0.5, 0.6) is 0 Å². The monoisotopic (exact) mass is 543 g/mol. The predicted octanol–water partition coefficient (Wildman–Crippen LogP) is 9.02. The molecule has 4 nitrogen and oxygen atoms in total. The van der Waals surface area contributed by atoms with Crippen LogP contribution < -0.4 is 4.57 Å². The second-order valence-corrected chi connectivity index (χ2v) is 11.9. The highest BCUT2D eigenvalue weighted by Crippen LogP contribution is 2.48. The molecule has 0 fully saturated rings. The first-order chi connectivity index (χ1) is 20.0. The van der Waals surface area contributed by atoms with E-state index in [9.17, 15) is 0 Å². The lowest BCUT2D eigenvalue weighted by molar-refractivity contribution is -0.761. The molecule has 5 aromatic rings. The zero-order valence-electron chi connectivity index (χ0n) is 25.5. The second kappa shape index (κ2) is 10.9. The molecule has 6 rings (SSSR count). The average molecular weight is 544 g/mol. The van der Waals surface area contributed by atoms with E-state index in [1.807, 2.05) is 4.68 Å². The van der Waals surface area contributed by atoms with Gasteiger partial charge < -0.3 is 0 Å². The van der Waals surface area contributed by atoms with E-state index in [0.717, 1.165) is 37.1 Å². The molecule has 0 aliphatic carbocycles. The molecule has 41 heavy (non-hydrogen) atoms. The van der Waals surface area contributed by atoms with E-state index in [1.54, 1.807) is 0 Å². The minimum absolute atomic E-state index is 0.0565. The molecule has 1 aliphatic rings. The van der Waals surface area contributed by atoms with Gasteiger partial charge in [-0.1, -0.05) is 75.7 Å². The van der Waals surface area contributed by atoms with Crippen LogP contribution in [0.25, 0.3) is 39.0 Å². The maximum Gasteiger partial charge on any atom is 0.221 e. The summed E-state index contributed by atoms with van der Waals surface area (Å²) in [5.74, 6) is 0.447. The Bertz CT molecular complexity index is 1720. The van der Waals surface area contributed by atoms with Gasteiger partial charge in [0.2, 0.25) is 5.69 Å². The van der Waals surface area contributed by atoms with E-state index in [4.69, 9.17) is 5.10 Å². The smallest absolute Gasteiger partial charge is 0.220 e. The van der Waals surface area contributed by atoms with E-state index >= 15 is 0 Å². The number of aromatic nitrogens is 4. The Kier molecular flexibility index (Phi) is 7.27. The van der Waals surface area contributed by atoms with Crippen molar-refractivity contribution in [2.24, 2.45) is 0 Å². The van der Waals surface area contributed by atoms with Gasteiger partial charge in [-0.2, -0.15) is 4.57 Å². The molecule has 1 aliphatic heterocycles. The zero-order valence-corrected chi connectivity index (χ0v) is 25.5. The molecule has 0 saturated carbocycles. The first-order valence-corrected chi connectivity index (χ1v) is 15.6. The third-order valence-electron chi connectivity index (χ3n) is 9.89. The van der Waals surface area contributed by atoms with Gasteiger partial charge in [0.05, 0.1) is 22.8 Å². The van der Waals surface area contributed by atoms with Crippen molar-refractivity contribution >= 4 is 10.8 Å². The fraction of sp³-hybridized carbons (Fsp3) is 0.378.